The van der Waals surface area contributed by atoms with Gasteiger partial charge in [0.2, 0.25) is 5.91 Å². The van der Waals surface area contributed by atoms with Crippen molar-refractivity contribution in [1.29, 1.82) is 0 Å². The number of amides is 1. The number of aryl methyl sites for hydroxylation is 2. The van der Waals surface area contributed by atoms with Gasteiger partial charge in [-0.2, -0.15) is 26.3 Å². The Hall–Kier alpha value is -4.22. The van der Waals surface area contributed by atoms with E-state index in [4.69, 9.17) is 4.74 Å². The number of ether oxygens (including phenoxy) is 1. The quantitative estimate of drug-likeness (QED) is 0.205. The predicted octanol–water partition coefficient (Wildman–Crippen LogP) is 7.86. The van der Waals surface area contributed by atoms with Crippen molar-refractivity contribution in [2.75, 3.05) is 19.1 Å². The Labute approximate surface area is 257 Å². The summed E-state index contributed by atoms with van der Waals surface area (Å²) in [5.74, 6) is -1.24. The average molecular weight is 634 g/mol. The maximum absolute atomic E-state index is 14.0. The van der Waals surface area contributed by atoms with E-state index in [1.807, 2.05) is 32.0 Å². The first-order valence-corrected chi connectivity index (χ1v) is 14.0. The van der Waals surface area contributed by atoms with E-state index in [2.05, 4.69) is 9.98 Å². The second kappa shape index (κ2) is 11.6. The molecule has 45 heavy (non-hydrogen) atoms. The minimum atomic E-state index is -5.07. The number of aliphatic imine (C=N–C) groups is 1. The predicted molar refractivity (Wildman–Crippen MR) is 158 cm³/mol. The van der Waals surface area contributed by atoms with Crippen molar-refractivity contribution < 1.29 is 40.7 Å². The zero-order valence-electron chi connectivity index (χ0n) is 25.9. The maximum Gasteiger partial charge on any atom is 0.416 e. The topological polar surface area (TPSA) is 71.9 Å². The third-order valence-electron chi connectivity index (χ3n) is 8.22. The van der Waals surface area contributed by atoms with Gasteiger partial charge in [0.1, 0.15) is 0 Å². The summed E-state index contributed by atoms with van der Waals surface area (Å²) in [4.78, 5) is 36.6. The van der Waals surface area contributed by atoms with Gasteiger partial charge in [0.25, 0.3) is 0 Å². The van der Waals surface area contributed by atoms with Crippen molar-refractivity contribution in [2.24, 2.45) is 4.99 Å². The Balaban J connectivity index is 1.85. The molecule has 0 saturated heterocycles. The summed E-state index contributed by atoms with van der Waals surface area (Å²) in [6.07, 6.45) is -7.88. The Kier molecular flexibility index (Phi) is 8.69. The van der Waals surface area contributed by atoms with Crippen LogP contribution in [0.3, 0.4) is 0 Å². The molecule has 0 unspecified atom stereocenters. The van der Waals surface area contributed by atoms with Gasteiger partial charge in [-0.3, -0.25) is 14.8 Å². The van der Waals surface area contributed by atoms with Crippen molar-refractivity contribution in [3.8, 4) is 11.1 Å². The first-order chi connectivity index (χ1) is 20.7. The summed E-state index contributed by atoms with van der Waals surface area (Å²) < 4.78 is 86.7. The number of rotatable bonds is 6. The summed E-state index contributed by atoms with van der Waals surface area (Å²) >= 11 is 0. The molecule has 0 saturated carbocycles. The molecule has 2 aromatic carbocycles. The minimum Gasteiger partial charge on any atom is -0.467 e. The highest BCUT2D eigenvalue weighted by Gasteiger charge is 2.42. The van der Waals surface area contributed by atoms with Gasteiger partial charge < -0.3 is 9.64 Å². The van der Waals surface area contributed by atoms with Gasteiger partial charge in [-0.25, -0.2) is 4.79 Å². The van der Waals surface area contributed by atoms with Crippen LogP contribution in [0.5, 0.6) is 0 Å². The van der Waals surface area contributed by atoms with E-state index in [1.54, 1.807) is 13.0 Å². The van der Waals surface area contributed by atoms with Gasteiger partial charge in [0.05, 0.1) is 46.9 Å². The summed E-state index contributed by atoms with van der Waals surface area (Å²) in [5.41, 5.74) is -1.96. The van der Waals surface area contributed by atoms with E-state index in [9.17, 15) is 35.9 Å². The van der Waals surface area contributed by atoms with Crippen LogP contribution in [0.4, 0.5) is 32.0 Å². The van der Waals surface area contributed by atoms with Crippen LogP contribution in [0.1, 0.15) is 67.1 Å². The van der Waals surface area contributed by atoms with Gasteiger partial charge in [0, 0.05) is 12.6 Å². The van der Waals surface area contributed by atoms with Crippen molar-refractivity contribution in [2.45, 2.75) is 70.8 Å². The number of hydrogen-bond acceptors (Lipinski definition) is 5. The molecule has 4 rings (SSSR count). The number of aromatic nitrogens is 1. The van der Waals surface area contributed by atoms with Gasteiger partial charge in [0.15, 0.2) is 5.54 Å². The second-order valence-corrected chi connectivity index (χ2v) is 12.0. The molecule has 0 bridgehead atoms. The highest BCUT2D eigenvalue weighted by Crippen LogP contribution is 2.41. The van der Waals surface area contributed by atoms with Crippen molar-refractivity contribution >= 4 is 23.3 Å². The van der Waals surface area contributed by atoms with Crippen LogP contribution in [-0.4, -0.2) is 42.3 Å². The lowest BCUT2D eigenvalue weighted by molar-refractivity contribution is -0.146. The standard InChI is InChI=1S/C33H33F6N3O3/c1-18-8-9-23(19(2)12-18)24-16-26(25-10-11-31(5,41-25)29(44)45-7)40-17-27(24)42(6)28(43)30(3,4)20-13-21(32(34,35)36)15-22(14-20)33(37,38)39/h8-9,12-17H,10-11H2,1-7H3/t31-/m1/s1. The van der Waals surface area contributed by atoms with Crippen LogP contribution in [0.15, 0.2) is 53.7 Å². The highest BCUT2D eigenvalue weighted by molar-refractivity contribution is 6.07. The molecule has 0 radical (unpaired) electrons. The van der Waals surface area contributed by atoms with E-state index in [0.717, 1.165) is 16.7 Å². The largest absolute Gasteiger partial charge is 0.467 e. The molecule has 0 aliphatic carbocycles. The normalized spacial score (nSPS) is 17.2. The lowest BCUT2D eigenvalue weighted by atomic mass is 9.81. The molecule has 1 atom stereocenters. The molecule has 12 heteroatoms. The Morgan fingerprint density at radius 3 is 2.00 bits per heavy atom. The Bertz CT molecular complexity index is 1660. The summed E-state index contributed by atoms with van der Waals surface area (Å²) in [6.45, 7) is 8.01. The molecule has 1 aromatic heterocycles. The molecule has 1 aliphatic heterocycles. The molecular formula is C33H33F6N3O3. The average Bonchev–Trinajstić information content (AvgIpc) is 3.37. The van der Waals surface area contributed by atoms with Gasteiger partial charge in [-0.15, -0.1) is 0 Å². The number of likely N-dealkylation sites (N-methyl/N-ethyl adjacent to an activating group) is 1. The molecule has 2 heterocycles. The number of esters is 1. The molecule has 0 fully saturated rings. The van der Waals surface area contributed by atoms with E-state index < -0.39 is 51.9 Å². The SMILES string of the molecule is COC(=O)[C@@]1(C)CCC(c2cc(-c3ccc(C)cc3C)c(N(C)C(=O)C(C)(C)c3cc(C(F)(F)F)cc(C(F)(F)F)c3)cn2)=N1. The number of benzene rings is 2. The number of methoxy groups -OCH3 is 1. The second-order valence-electron chi connectivity index (χ2n) is 12.0. The number of alkyl halides is 6. The van der Waals surface area contributed by atoms with Gasteiger partial charge >= 0.3 is 18.3 Å². The number of pyridine rings is 1. The zero-order chi connectivity index (χ0) is 33.7. The van der Waals surface area contributed by atoms with Crippen molar-refractivity contribution in [3.63, 3.8) is 0 Å². The smallest absolute Gasteiger partial charge is 0.416 e. The van der Waals surface area contributed by atoms with E-state index in [1.165, 1.54) is 39.1 Å². The van der Waals surface area contributed by atoms with Crippen LogP contribution in [0.2, 0.25) is 0 Å². The summed E-state index contributed by atoms with van der Waals surface area (Å²) in [6, 6.07) is 8.57. The number of hydrogen-bond donors (Lipinski definition) is 0. The zero-order valence-corrected chi connectivity index (χ0v) is 25.9. The highest BCUT2D eigenvalue weighted by atomic mass is 19.4. The lowest BCUT2D eigenvalue weighted by Gasteiger charge is -2.32. The van der Waals surface area contributed by atoms with Crippen LogP contribution >= 0.6 is 0 Å². The third kappa shape index (κ3) is 6.60. The third-order valence-corrected chi connectivity index (χ3v) is 8.22. The van der Waals surface area contributed by atoms with E-state index in [0.29, 0.717) is 41.9 Å². The van der Waals surface area contributed by atoms with Crippen LogP contribution in [0, 0.1) is 13.8 Å². The van der Waals surface area contributed by atoms with Crippen LogP contribution in [0.25, 0.3) is 11.1 Å². The van der Waals surface area contributed by atoms with Gasteiger partial charge in [-0.1, -0.05) is 23.8 Å². The summed E-state index contributed by atoms with van der Waals surface area (Å²) in [7, 11) is 2.68. The fourth-order valence-electron chi connectivity index (χ4n) is 5.50. The fraction of sp³-hybridized carbons (Fsp3) is 0.394. The van der Waals surface area contributed by atoms with E-state index in [-0.39, 0.29) is 11.8 Å². The minimum absolute atomic E-state index is 0.0333. The Morgan fingerprint density at radius 2 is 1.47 bits per heavy atom. The molecule has 6 nitrogen and oxygen atoms in total. The van der Waals surface area contributed by atoms with Crippen LogP contribution < -0.4 is 4.90 Å². The molecule has 1 amide bonds. The molecule has 0 spiro atoms. The first-order valence-electron chi connectivity index (χ1n) is 14.0. The fourth-order valence-corrected chi connectivity index (χ4v) is 5.50. The molecule has 0 N–H and O–H groups in total. The van der Waals surface area contributed by atoms with Crippen LogP contribution in [-0.2, 0) is 32.1 Å². The van der Waals surface area contributed by atoms with Crippen molar-refractivity contribution in [3.05, 3.63) is 82.2 Å². The summed E-state index contributed by atoms with van der Waals surface area (Å²) in [5, 5.41) is 0. The molecule has 3 aromatic rings. The number of carbonyl (C=O) groups excluding carboxylic acids is 2. The first kappa shape index (κ1) is 33.7. The lowest BCUT2D eigenvalue weighted by Crippen LogP contribution is -2.42. The van der Waals surface area contributed by atoms with E-state index >= 15 is 0 Å². The number of nitrogens with zero attached hydrogens (tertiary/aromatic N) is 3. The molecular weight excluding hydrogens is 600 g/mol. The number of carbonyl (C=O) groups is 2. The molecule has 1 aliphatic rings. The Morgan fingerprint density at radius 1 is 0.889 bits per heavy atom. The van der Waals surface area contributed by atoms with Gasteiger partial charge in [-0.05, 0) is 88.4 Å². The van der Waals surface area contributed by atoms with Crippen molar-refractivity contribution in [1.82, 2.24) is 4.98 Å². The monoisotopic (exact) mass is 633 g/mol. The number of anilines is 1. The molecule has 240 valence electrons. The maximum atomic E-state index is 14.0. The number of halogens is 6.